The largest absolute Gasteiger partial charge is 0.375 e. The SMILES string of the molecule is Nc1nc(-c2ccc(NC(=O)CN(C(=O)C3CC=C(F)CC3)c3ccc4scnc4c3)cc2)cs1. The Balaban J connectivity index is 1.34. The lowest BCUT2D eigenvalue weighted by Crippen LogP contribution is -2.42. The van der Waals surface area contributed by atoms with Crippen molar-refractivity contribution in [1.29, 1.82) is 0 Å². The zero-order chi connectivity index (χ0) is 24.4. The second-order valence-corrected chi connectivity index (χ2v) is 10.0. The van der Waals surface area contributed by atoms with E-state index in [9.17, 15) is 14.0 Å². The van der Waals surface area contributed by atoms with Gasteiger partial charge in [-0.15, -0.1) is 22.7 Å². The lowest BCUT2D eigenvalue weighted by molar-refractivity contribution is -0.124. The quantitative estimate of drug-likeness (QED) is 0.352. The highest BCUT2D eigenvalue weighted by atomic mass is 32.1. The molecule has 2 heterocycles. The van der Waals surface area contributed by atoms with Crippen LogP contribution < -0.4 is 16.0 Å². The van der Waals surface area contributed by atoms with E-state index in [0.29, 0.717) is 29.3 Å². The molecule has 1 aliphatic rings. The number of thiazole rings is 2. The van der Waals surface area contributed by atoms with Crippen LogP contribution in [-0.4, -0.2) is 28.3 Å². The van der Waals surface area contributed by atoms with Crippen LogP contribution >= 0.6 is 22.7 Å². The fourth-order valence-electron chi connectivity index (χ4n) is 4.05. The van der Waals surface area contributed by atoms with Crippen molar-refractivity contribution >= 4 is 61.2 Å². The Morgan fingerprint density at radius 3 is 2.71 bits per heavy atom. The van der Waals surface area contributed by atoms with E-state index in [0.717, 1.165) is 21.5 Å². The molecular formula is C25H22FN5O2S2. The molecule has 10 heteroatoms. The maximum absolute atomic E-state index is 13.5. The van der Waals surface area contributed by atoms with Gasteiger partial charge in [0.2, 0.25) is 11.8 Å². The van der Waals surface area contributed by atoms with Gasteiger partial charge in [-0.3, -0.25) is 9.59 Å². The zero-order valence-electron chi connectivity index (χ0n) is 18.6. The number of carbonyl (C=O) groups is 2. The number of fused-ring (bicyclic) bond motifs is 1. The molecule has 5 rings (SSSR count). The summed E-state index contributed by atoms with van der Waals surface area (Å²) in [5, 5.41) is 5.23. The van der Waals surface area contributed by atoms with E-state index in [4.69, 9.17) is 5.73 Å². The lowest BCUT2D eigenvalue weighted by Gasteiger charge is -2.28. The van der Waals surface area contributed by atoms with Gasteiger partial charge in [-0.25, -0.2) is 14.4 Å². The van der Waals surface area contributed by atoms with Crippen LogP contribution in [0.15, 0.2) is 65.3 Å². The third-order valence-electron chi connectivity index (χ3n) is 5.88. The van der Waals surface area contributed by atoms with E-state index in [1.165, 1.54) is 33.6 Å². The second-order valence-electron chi connectivity index (χ2n) is 8.25. The van der Waals surface area contributed by atoms with Crippen molar-refractivity contribution in [2.24, 2.45) is 5.92 Å². The summed E-state index contributed by atoms with van der Waals surface area (Å²) in [4.78, 5) is 36.5. The molecule has 0 spiro atoms. The Morgan fingerprint density at radius 1 is 1.17 bits per heavy atom. The molecular weight excluding hydrogens is 485 g/mol. The van der Waals surface area contributed by atoms with Crippen molar-refractivity contribution in [3.8, 4) is 11.3 Å². The molecule has 0 bridgehead atoms. The lowest BCUT2D eigenvalue weighted by atomic mass is 9.92. The standard InChI is InChI=1S/C25H22FN5O2S2/c26-17-5-1-16(2-6-17)24(33)31(19-9-10-22-20(11-19)28-14-35-22)12-23(32)29-18-7-3-15(4-8-18)21-13-34-25(27)30-21/h3-5,7-11,13-14,16H,1-2,6,12H2,(H2,27,30)(H,29,32). The van der Waals surface area contributed by atoms with E-state index < -0.39 is 0 Å². The first kappa shape index (κ1) is 23.1. The predicted molar refractivity (Wildman–Crippen MR) is 139 cm³/mol. The summed E-state index contributed by atoms with van der Waals surface area (Å²) in [5.74, 6) is -1.10. The van der Waals surface area contributed by atoms with E-state index in [2.05, 4.69) is 15.3 Å². The van der Waals surface area contributed by atoms with Crippen LogP contribution in [0.5, 0.6) is 0 Å². The maximum atomic E-state index is 13.5. The Bertz CT molecular complexity index is 1410. The highest BCUT2D eigenvalue weighted by Crippen LogP contribution is 2.30. The number of nitrogens with zero attached hydrogens (tertiary/aromatic N) is 3. The fourth-order valence-corrected chi connectivity index (χ4v) is 5.28. The molecule has 35 heavy (non-hydrogen) atoms. The van der Waals surface area contributed by atoms with Crippen molar-refractivity contribution in [2.75, 3.05) is 22.5 Å². The number of anilines is 3. The molecule has 2 amide bonds. The average Bonchev–Trinajstić information content (AvgIpc) is 3.51. The van der Waals surface area contributed by atoms with Gasteiger partial charge in [0.1, 0.15) is 6.54 Å². The maximum Gasteiger partial charge on any atom is 0.244 e. The number of halogens is 1. The normalized spacial score (nSPS) is 15.6. The summed E-state index contributed by atoms with van der Waals surface area (Å²) in [5.41, 5.74) is 11.1. The molecule has 3 N–H and O–H groups in total. The summed E-state index contributed by atoms with van der Waals surface area (Å²) in [7, 11) is 0. The molecule has 1 unspecified atom stereocenters. The minimum Gasteiger partial charge on any atom is -0.375 e. The summed E-state index contributed by atoms with van der Waals surface area (Å²) >= 11 is 2.87. The second kappa shape index (κ2) is 9.93. The van der Waals surface area contributed by atoms with Gasteiger partial charge >= 0.3 is 0 Å². The number of rotatable bonds is 6. The van der Waals surface area contributed by atoms with Crippen LogP contribution in [0.25, 0.3) is 21.5 Å². The van der Waals surface area contributed by atoms with Gasteiger partial charge in [-0.2, -0.15) is 0 Å². The first-order valence-electron chi connectivity index (χ1n) is 11.1. The third-order valence-corrected chi connectivity index (χ3v) is 7.37. The molecule has 0 saturated carbocycles. The Morgan fingerprint density at radius 2 is 2.00 bits per heavy atom. The number of aromatic nitrogens is 2. The topological polar surface area (TPSA) is 101 Å². The predicted octanol–water partition coefficient (Wildman–Crippen LogP) is 5.63. The number of nitrogens with one attached hydrogen (secondary N) is 1. The average molecular weight is 508 g/mol. The molecule has 1 aliphatic carbocycles. The van der Waals surface area contributed by atoms with Crippen LogP contribution in [0, 0.1) is 5.92 Å². The Hall–Kier alpha value is -3.63. The molecule has 1 atom stereocenters. The number of allylic oxidation sites excluding steroid dienone is 2. The number of hydrogen-bond donors (Lipinski definition) is 2. The number of nitrogen functional groups attached to an aromatic ring is 1. The molecule has 0 fully saturated rings. The summed E-state index contributed by atoms with van der Waals surface area (Å²) in [6, 6.07) is 12.8. The van der Waals surface area contributed by atoms with E-state index in [-0.39, 0.29) is 36.5 Å². The van der Waals surface area contributed by atoms with Crippen molar-refractivity contribution < 1.29 is 14.0 Å². The molecule has 7 nitrogen and oxygen atoms in total. The minimum absolute atomic E-state index is 0.165. The summed E-state index contributed by atoms with van der Waals surface area (Å²) in [6.45, 7) is -0.165. The van der Waals surface area contributed by atoms with Crippen molar-refractivity contribution in [3.05, 3.63) is 65.3 Å². The monoisotopic (exact) mass is 507 g/mol. The molecule has 0 saturated heterocycles. The van der Waals surface area contributed by atoms with Crippen molar-refractivity contribution in [2.45, 2.75) is 19.3 Å². The van der Waals surface area contributed by atoms with Gasteiger partial charge < -0.3 is 16.0 Å². The van der Waals surface area contributed by atoms with Crippen LogP contribution in [0.4, 0.5) is 20.9 Å². The molecule has 0 radical (unpaired) electrons. The Labute approximate surface area is 209 Å². The summed E-state index contributed by atoms with van der Waals surface area (Å²) in [6.07, 6.45) is 2.44. The molecule has 4 aromatic rings. The number of hydrogen-bond acceptors (Lipinski definition) is 7. The van der Waals surface area contributed by atoms with Crippen LogP contribution in [0.2, 0.25) is 0 Å². The minimum atomic E-state index is -0.377. The third kappa shape index (κ3) is 5.23. The van der Waals surface area contributed by atoms with E-state index in [1.807, 2.05) is 35.7 Å². The molecule has 2 aromatic heterocycles. The molecule has 2 aromatic carbocycles. The first-order chi connectivity index (χ1) is 17.0. The fraction of sp³-hybridized carbons (Fsp3) is 0.200. The van der Waals surface area contributed by atoms with Crippen molar-refractivity contribution in [1.82, 2.24) is 9.97 Å². The van der Waals surface area contributed by atoms with Crippen molar-refractivity contribution in [3.63, 3.8) is 0 Å². The van der Waals surface area contributed by atoms with E-state index in [1.54, 1.807) is 17.6 Å². The van der Waals surface area contributed by atoms with Gasteiger partial charge in [-0.05, 0) is 49.6 Å². The smallest absolute Gasteiger partial charge is 0.244 e. The molecule has 0 aliphatic heterocycles. The van der Waals surface area contributed by atoms with Gasteiger partial charge in [0.05, 0.1) is 27.2 Å². The van der Waals surface area contributed by atoms with Crippen LogP contribution in [0.3, 0.4) is 0 Å². The first-order valence-corrected chi connectivity index (χ1v) is 12.8. The van der Waals surface area contributed by atoms with Crippen LogP contribution in [0.1, 0.15) is 19.3 Å². The highest BCUT2D eigenvalue weighted by Gasteiger charge is 2.29. The molecule has 178 valence electrons. The van der Waals surface area contributed by atoms with Crippen LogP contribution in [-0.2, 0) is 9.59 Å². The number of benzene rings is 2. The summed E-state index contributed by atoms with van der Waals surface area (Å²) < 4.78 is 14.5. The van der Waals surface area contributed by atoms with Gasteiger partial charge in [0.25, 0.3) is 0 Å². The van der Waals surface area contributed by atoms with Gasteiger partial charge in [-0.1, -0.05) is 18.2 Å². The number of amides is 2. The zero-order valence-corrected chi connectivity index (χ0v) is 20.2. The highest BCUT2D eigenvalue weighted by molar-refractivity contribution is 7.16. The number of carbonyl (C=O) groups excluding carboxylic acids is 2. The van der Waals surface area contributed by atoms with E-state index >= 15 is 0 Å². The van der Waals surface area contributed by atoms with Gasteiger partial charge in [0, 0.05) is 28.2 Å². The Kier molecular flexibility index (Phi) is 6.56. The number of nitrogens with two attached hydrogens (primary N) is 1. The van der Waals surface area contributed by atoms with Gasteiger partial charge in [0.15, 0.2) is 5.13 Å².